The van der Waals surface area contributed by atoms with Gasteiger partial charge < -0.3 is 0 Å². The first-order valence-electron chi connectivity index (χ1n) is 3.52. The van der Waals surface area contributed by atoms with Gasteiger partial charge in [-0.1, -0.05) is 12.2 Å². The van der Waals surface area contributed by atoms with E-state index in [0.717, 1.165) is 0 Å². The Morgan fingerprint density at radius 2 is 2.20 bits per heavy atom. The standard InChI is InChI=1S/C9H10S/c1-6-5-8-3-4-10-9(8)7(6)2/h3,5H,4H2,1-2H3. The molecule has 2 rings (SSSR count). The van der Waals surface area contributed by atoms with Crippen molar-refractivity contribution in [2.45, 2.75) is 13.8 Å². The van der Waals surface area contributed by atoms with Crippen LogP contribution in [-0.2, 0) is 0 Å². The van der Waals surface area contributed by atoms with Crippen LogP contribution < -0.4 is 0 Å². The van der Waals surface area contributed by atoms with Crippen molar-refractivity contribution in [3.05, 3.63) is 33.8 Å². The van der Waals surface area contributed by atoms with Crippen molar-refractivity contribution < 1.29 is 0 Å². The molecule has 0 radical (unpaired) electrons. The molecule has 0 nitrogen and oxygen atoms in total. The molecule has 0 aromatic heterocycles. The summed E-state index contributed by atoms with van der Waals surface area (Å²) in [6.07, 6.45) is 4.59. The van der Waals surface area contributed by atoms with Gasteiger partial charge in [-0.2, -0.15) is 0 Å². The molecule has 10 heavy (non-hydrogen) atoms. The summed E-state index contributed by atoms with van der Waals surface area (Å²) in [4.78, 5) is 1.51. The van der Waals surface area contributed by atoms with Gasteiger partial charge in [0.05, 0.1) is 0 Å². The van der Waals surface area contributed by atoms with Crippen LogP contribution in [0.5, 0.6) is 0 Å². The summed E-state index contributed by atoms with van der Waals surface area (Å²) in [5.74, 6) is 1.17. The number of thioether (sulfide) groups is 1. The van der Waals surface area contributed by atoms with Crippen LogP contribution in [0.1, 0.15) is 13.8 Å². The Morgan fingerprint density at radius 3 is 2.90 bits per heavy atom. The van der Waals surface area contributed by atoms with E-state index in [1.807, 2.05) is 11.8 Å². The van der Waals surface area contributed by atoms with E-state index in [0.29, 0.717) is 0 Å². The molecule has 1 heteroatoms. The highest BCUT2D eigenvalue weighted by atomic mass is 32.2. The lowest BCUT2D eigenvalue weighted by molar-refractivity contribution is 1.38. The lowest BCUT2D eigenvalue weighted by Gasteiger charge is -1.96. The van der Waals surface area contributed by atoms with E-state index in [1.54, 1.807) is 0 Å². The van der Waals surface area contributed by atoms with E-state index in [4.69, 9.17) is 0 Å². The molecule has 1 heterocycles. The van der Waals surface area contributed by atoms with Crippen molar-refractivity contribution in [3.63, 3.8) is 0 Å². The third kappa shape index (κ3) is 0.702. The molecule has 1 aliphatic carbocycles. The monoisotopic (exact) mass is 150 g/mol. The smallest absolute Gasteiger partial charge is 0.0177 e. The minimum Gasteiger partial charge on any atom is -0.121 e. The molecular weight excluding hydrogens is 140 g/mol. The van der Waals surface area contributed by atoms with E-state index in [1.165, 1.54) is 27.4 Å². The number of hydrogen-bond donors (Lipinski definition) is 0. The predicted molar refractivity (Wildman–Crippen MR) is 47.0 cm³/mol. The van der Waals surface area contributed by atoms with Gasteiger partial charge in [0, 0.05) is 10.7 Å². The predicted octanol–water partition coefficient (Wildman–Crippen LogP) is 2.89. The maximum atomic E-state index is 2.31. The zero-order chi connectivity index (χ0) is 7.14. The van der Waals surface area contributed by atoms with Crippen molar-refractivity contribution in [1.29, 1.82) is 0 Å². The van der Waals surface area contributed by atoms with Crippen LogP contribution in [0.3, 0.4) is 0 Å². The molecule has 0 unspecified atom stereocenters. The van der Waals surface area contributed by atoms with Gasteiger partial charge in [0.2, 0.25) is 0 Å². The Bertz CT molecular complexity index is 266. The summed E-state index contributed by atoms with van der Waals surface area (Å²) >= 11 is 1.96. The second-order valence-corrected chi connectivity index (χ2v) is 3.78. The zero-order valence-corrected chi connectivity index (χ0v) is 7.09. The largest absolute Gasteiger partial charge is 0.121 e. The SMILES string of the molecule is CC1=CC2=CCSC2=C1C. The molecule has 0 spiro atoms. The molecule has 2 aliphatic rings. The Balaban J connectivity index is 2.54. The normalized spacial score (nSPS) is 23.0. The van der Waals surface area contributed by atoms with Crippen LogP contribution in [0.15, 0.2) is 33.8 Å². The Hall–Kier alpha value is -0.430. The van der Waals surface area contributed by atoms with Crippen molar-refractivity contribution in [2.75, 3.05) is 5.75 Å². The van der Waals surface area contributed by atoms with E-state index >= 15 is 0 Å². The zero-order valence-electron chi connectivity index (χ0n) is 6.27. The van der Waals surface area contributed by atoms with Crippen molar-refractivity contribution >= 4 is 11.8 Å². The summed E-state index contributed by atoms with van der Waals surface area (Å²) in [5, 5.41) is 0. The highest BCUT2D eigenvalue weighted by molar-refractivity contribution is 8.03. The summed E-state index contributed by atoms with van der Waals surface area (Å²) in [6.45, 7) is 4.39. The number of allylic oxidation sites excluding steroid dienone is 4. The van der Waals surface area contributed by atoms with Crippen LogP contribution in [0.4, 0.5) is 0 Å². The van der Waals surface area contributed by atoms with E-state index in [-0.39, 0.29) is 0 Å². The van der Waals surface area contributed by atoms with Gasteiger partial charge >= 0.3 is 0 Å². The quantitative estimate of drug-likeness (QED) is 0.511. The second kappa shape index (κ2) is 2.03. The average Bonchev–Trinajstić information content (AvgIpc) is 2.41. The van der Waals surface area contributed by atoms with Gasteiger partial charge in [-0.3, -0.25) is 0 Å². The molecule has 0 saturated heterocycles. The first kappa shape index (κ1) is 6.29. The summed E-state index contributed by atoms with van der Waals surface area (Å²) < 4.78 is 0. The van der Waals surface area contributed by atoms with Crippen molar-refractivity contribution in [1.82, 2.24) is 0 Å². The fourth-order valence-electron chi connectivity index (χ4n) is 1.36. The number of hydrogen-bond acceptors (Lipinski definition) is 1. The maximum absolute atomic E-state index is 2.31. The molecule has 0 N–H and O–H groups in total. The highest BCUT2D eigenvalue weighted by Gasteiger charge is 2.19. The number of fused-ring (bicyclic) bond motifs is 1. The van der Waals surface area contributed by atoms with E-state index in [2.05, 4.69) is 26.0 Å². The molecule has 0 aromatic rings. The van der Waals surface area contributed by atoms with Gasteiger partial charge in [-0.15, -0.1) is 11.8 Å². The summed E-state index contributed by atoms with van der Waals surface area (Å²) in [6, 6.07) is 0. The molecule has 0 atom stereocenters. The van der Waals surface area contributed by atoms with Crippen molar-refractivity contribution in [2.24, 2.45) is 0 Å². The topological polar surface area (TPSA) is 0 Å². The number of rotatable bonds is 0. The lowest BCUT2D eigenvalue weighted by Crippen LogP contribution is -1.74. The highest BCUT2D eigenvalue weighted by Crippen LogP contribution is 2.41. The third-order valence-corrected chi connectivity index (χ3v) is 3.26. The van der Waals surface area contributed by atoms with Crippen LogP contribution in [0.2, 0.25) is 0 Å². The Kier molecular flexibility index (Phi) is 1.27. The Morgan fingerprint density at radius 1 is 1.40 bits per heavy atom. The third-order valence-electron chi connectivity index (χ3n) is 2.10. The maximum Gasteiger partial charge on any atom is 0.0177 e. The van der Waals surface area contributed by atoms with Crippen LogP contribution in [-0.4, -0.2) is 5.75 Å². The summed E-state index contributed by atoms with van der Waals surface area (Å²) in [7, 11) is 0. The molecule has 52 valence electrons. The molecule has 0 bridgehead atoms. The first-order chi connectivity index (χ1) is 4.79. The molecular formula is C9H10S. The van der Waals surface area contributed by atoms with Gasteiger partial charge in [-0.05, 0) is 30.6 Å². The van der Waals surface area contributed by atoms with Crippen LogP contribution in [0, 0.1) is 0 Å². The summed E-state index contributed by atoms with van der Waals surface area (Å²) in [5.41, 5.74) is 4.38. The molecule has 0 fully saturated rings. The molecule has 0 saturated carbocycles. The fourth-order valence-corrected chi connectivity index (χ4v) is 2.48. The molecule has 1 aliphatic heterocycles. The van der Waals surface area contributed by atoms with Crippen LogP contribution >= 0.6 is 11.8 Å². The van der Waals surface area contributed by atoms with Crippen molar-refractivity contribution in [3.8, 4) is 0 Å². The second-order valence-electron chi connectivity index (χ2n) is 2.75. The van der Waals surface area contributed by atoms with Gasteiger partial charge in [0.1, 0.15) is 0 Å². The Labute approximate surface area is 65.7 Å². The molecule has 0 amide bonds. The minimum absolute atomic E-state index is 1.17. The average molecular weight is 150 g/mol. The lowest BCUT2D eigenvalue weighted by atomic mass is 10.2. The van der Waals surface area contributed by atoms with Gasteiger partial charge in [0.25, 0.3) is 0 Å². The van der Waals surface area contributed by atoms with E-state index in [9.17, 15) is 0 Å². The first-order valence-corrected chi connectivity index (χ1v) is 4.50. The minimum atomic E-state index is 1.17. The molecule has 0 aromatic carbocycles. The van der Waals surface area contributed by atoms with E-state index < -0.39 is 0 Å². The van der Waals surface area contributed by atoms with Crippen LogP contribution in [0.25, 0.3) is 0 Å². The van der Waals surface area contributed by atoms with Gasteiger partial charge in [-0.25, -0.2) is 0 Å². The fraction of sp³-hybridized carbons (Fsp3) is 0.333. The van der Waals surface area contributed by atoms with Gasteiger partial charge in [0.15, 0.2) is 0 Å².